The van der Waals surface area contributed by atoms with Gasteiger partial charge in [0, 0.05) is 21.9 Å². The van der Waals surface area contributed by atoms with Crippen molar-refractivity contribution in [2.75, 3.05) is 6.54 Å². The number of rotatable bonds is 5. The van der Waals surface area contributed by atoms with E-state index in [9.17, 15) is 8.42 Å². The smallest absolute Gasteiger partial charge is 0.285 e. The fourth-order valence-electron chi connectivity index (χ4n) is 3.93. The lowest BCUT2D eigenvalue weighted by atomic mass is 9.91. The molecule has 3 aromatic rings. The Bertz CT molecular complexity index is 1450. The summed E-state index contributed by atoms with van der Waals surface area (Å²) < 4.78 is 30.5. The molecule has 7 nitrogen and oxygen atoms in total. The standard InChI is InChI=1S/C26H23Cl2N5O2S/c27-20-10-8-18(9-11-20)24-23(17-4-2-1-3-5-17)16-33(31-24)26(30-25(29)19-6-7-19)32-36(34,35)22-14-12-21(28)13-15-22/h1-5,8-15,19,23H,6-7,16H2,(H2,29,30,32)/t23-/m1/s1. The van der Waals surface area contributed by atoms with Gasteiger partial charge in [0.25, 0.3) is 16.0 Å². The van der Waals surface area contributed by atoms with E-state index < -0.39 is 10.0 Å². The summed E-state index contributed by atoms with van der Waals surface area (Å²) in [7, 11) is -4.10. The van der Waals surface area contributed by atoms with Crippen LogP contribution in [0.4, 0.5) is 0 Å². The van der Waals surface area contributed by atoms with Crippen molar-refractivity contribution in [3.8, 4) is 0 Å². The molecule has 36 heavy (non-hydrogen) atoms. The minimum atomic E-state index is -4.10. The molecule has 0 spiro atoms. The molecule has 2 aliphatic rings. The molecule has 0 aromatic heterocycles. The lowest BCUT2D eigenvalue weighted by molar-refractivity contribution is 0.470. The third kappa shape index (κ3) is 5.46. The number of halogens is 2. The molecule has 1 aliphatic heterocycles. The van der Waals surface area contributed by atoms with E-state index in [4.69, 9.17) is 34.0 Å². The predicted molar refractivity (Wildman–Crippen MR) is 144 cm³/mol. The second-order valence-corrected chi connectivity index (χ2v) is 11.1. The van der Waals surface area contributed by atoms with Gasteiger partial charge in [-0.3, -0.25) is 0 Å². The minimum absolute atomic E-state index is 0.00491. The summed E-state index contributed by atoms with van der Waals surface area (Å²) in [6.07, 6.45) is 1.83. The van der Waals surface area contributed by atoms with Crippen molar-refractivity contribution in [2.45, 2.75) is 23.7 Å². The first-order valence-electron chi connectivity index (χ1n) is 11.4. The van der Waals surface area contributed by atoms with E-state index in [0.717, 1.165) is 29.7 Å². The zero-order valence-electron chi connectivity index (χ0n) is 19.1. The lowest BCUT2D eigenvalue weighted by Gasteiger charge is -2.16. The Morgan fingerprint density at radius 2 is 1.53 bits per heavy atom. The van der Waals surface area contributed by atoms with Gasteiger partial charge in [0.1, 0.15) is 5.84 Å². The molecule has 2 N–H and O–H groups in total. The van der Waals surface area contributed by atoms with Crippen LogP contribution in [-0.2, 0) is 10.0 Å². The Balaban J connectivity index is 1.59. The number of guanidine groups is 1. The summed E-state index contributed by atoms with van der Waals surface area (Å²) in [6, 6.07) is 23.1. The fourth-order valence-corrected chi connectivity index (χ4v) is 5.12. The molecular weight excluding hydrogens is 517 g/mol. The van der Waals surface area contributed by atoms with Crippen molar-refractivity contribution in [3.63, 3.8) is 0 Å². The maximum absolute atomic E-state index is 13.2. The first kappa shape index (κ1) is 24.5. The highest BCUT2D eigenvalue weighted by atomic mass is 35.5. The van der Waals surface area contributed by atoms with Crippen LogP contribution in [0.25, 0.3) is 0 Å². The van der Waals surface area contributed by atoms with Crippen LogP contribution >= 0.6 is 23.2 Å². The fraction of sp³-hybridized carbons (Fsp3) is 0.192. The van der Waals surface area contributed by atoms with Gasteiger partial charge in [-0.25, -0.2) is 5.01 Å². The van der Waals surface area contributed by atoms with Crippen LogP contribution in [0.1, 0.15) is 29.9 Å². The maximum Gasteiger partial charge on any atom is 0.285 e. The minimum Gasteiger partial charge on any atom is -0.387 e. The Morgan fingerprint density at radius 3 is 2.14 bits per heavy atom. The van der Waals surface area contributed by atoms with Crippen LogP contribution in [0.2, 0.25) is 10.0 Å². The Morgan fingerprint density at radius 1 is 0.917 bits per heavy atom. The Labute approximate surface area is 220 Å². The molecule has 1 atom stereocenters. The van der Waals surface area contributed by atoms with Crippen molar-refractivity contribution >= 4 is 50.7 Å². The topological polar surface area (TPSA) is 100 Å². The van der Waals surface area contributed by atoms with Crippen LogP contribution in [0.15, 0.2) is 98.2 Å². The van der Waals surface area contributed by atoms with Crippen LogP contribution < -0.4 is 5.73 Å². The van der Waals surface area contributed by atoms with Gasteiger partial charge in [0.15, 0.2) is 0 Å². The molecule has 0 radical (unpaired) electrons. The van der Waals surface area contributed by atoms with E-state index in [2.05, 4.69) is 9.39 Å². The van der Waals surface area contributed by atoms with Gasteiger partial charge in [0.2, 0.25) is 0 Å². The Hall–Kier alpha value is -3.20. The van der Waals surface area contributed by atoms with Gasteiger partial charge in [-0.1, -0.05) is 65.7 Å². The molecule has 10 heteroatoms. The summed E-state index contributed by atoms with van der Waals surface area (Å²) >= 11 is 12.0. The van der Waals surface area contributed by atoms with E-state index in [1.165, 1.54) is 29.3 Å². The number of aliphatic imine (C=N–C) groups is 1. The lowest BCUT2D eigenvalue weighted by Crippen LogP contribution is -2.28. The number of hydrogen-bond acceptors (Lipinski definition) is 3. The van der Waals surface area contributed by atoms with Crippen molar-refractivity contribution in [1.82, 2.24) is 5.01 Å². The van der Waals surface area contributed by atoms with Crippen LogP contribution in [0.5, 0.6) is 0 Å². The van der Waals surface area contributed by atoms with Crippen molar-refractivity contribution in [3.05, 3.63) is 100 Å². The largest absolute Gasteiger partial charge is 0.387 e. The quantitative estimate of drug-likeness (QED) is 0.350. The van der Waals surface area contributed by atoms with E-state index in [-0.39, 0.29) is 22.7 Å². The molecule has 0 amide bonds. The summed E-state index contributed by atoms with van der Waals surface area (Å²) in [4.78, 5) is 4.46. The number of hydrogen-bond donors (Lipinski definition) is 1. The number of nitrogens with two attached hydrogens (primary N) is 1. The SMILES string of the molecule is N/C(=N\C(=N/S(=O)(=O)c1ccc(Cl)cc1)N1C[C@H](c2ccccc2)C(c2ccc(Cl)cc2)=N1)C1CC1. The molecule has 0 bridgehead atoms. The number of amidine groups is 1. The van der Waals surface area contributed by atoms with Crippen LogP contribution in [0.3, 0.4) is 0 Å². The van der Waals surface area contributed by atoms with Crippen molar-refractivity contribution < 1.29 is 8.42 Å². The second kappa shape index (κ2) is 10.0. The highest BCUT2D eigenvalue weighted by molar-refractivity contribution is 7.90. The molecule has 1 heterocycles. The zero-order chi connectivity index (χ0) is 25.3. The van der Waals surface area contributed by atoms with Crippen LogP contribution in [-0.4, -0.2) is 37.5 Å². The van der Waals surface area contributed by atoms with Gasteiger partial charge in [-0.05, 0) is 60.4 Å². The third-order valence-corrected chi connectivity index (χ3v) is 7.80. The van der Waals surface area contributed by atoms with E-state index >= 15 is 0 Å². The van der Waals surface area contributed by atoms with Crippen molar-refractivity contribution in [1.29, 1.82) is 0 Å². The molecule has 1 saturated carbocycles. The van der Waals surface area contributed by atoms with Crippen molar-refractivity contribution in [2.24, 2.45) is 26.1 Å². The number of nitrogens with zero attached hydrogens (tertiary/aromatic N) is 4. The summed E-state index contributed by atoms with van der Waals surface area (Å²) in [5, 5.41) is 7.36. The molecule has 0 saturated heterocycles. The van der Waals surface area contributed by atoms with E-state index in [1.54, 1.807) is 12.1 Å². The molecular formula is C26H23Cl2N5O2S. The molecule has 5 rings (SSSR count). The molecule has 1 aliphatic carbocycles. The van der Waals surface area contributed by atoms with Gasteiger partial charge < -0.3 is 5.73 Å². The molecule has 0 unspecified atom stereocenters. The average molecular weight is 540 g/mol. The zero-order valence-corrected chi connectivity index (χ0v) is 21.5. The Kier molecular flexibility index (Phi) is 6.83. The number of sulfonamides is 1. The van der Waals surface area contributed by atoms with Gasteiger partial charge >= 0.3 is 0 Å². The van der Waals surface area contributed by atoms with Gasteiger partial charge in [0.05, 0.1) is 17.2 Å². The number of benzene rings is 3. The first-order valence-corrected chi connectivity index (χ1v) is 13.6. The highest BCUT2D eigenvalue weighted by Crippen LogP contribution is 2.32. The normalized spacial score (nSPS) is 18.9. The third-order valence-electron chi connectivity index (χ3n) is 6.02. The first-order chi connectivity index (χ1) is 17.3. The van der Waals surface area contributed by atoms with Crippen LogP contribution in [0, 0.1) is 5.92 Å². The summed E-state index contributed by atoms with van der Waals surface area (Å²) in [5.41, 5.74) is 8.86. The highest BCUT2D eigenvalue weighted by Gasteiger charge is 2.34. The van der Waals surface area contributed by atoms with E-state index in [0.29, 0.717) is 22.4 Å². The predicted octanol–water partition coefficient (Wildman–Crippen LogP) is 5.31. The van der Waals surface area contributed by atoms with Gasteiger partial charge in [-0.2, -0.15) is 18.5 Å². The number of hydrazone groups is 1. The van der Waals surface area contributed by atoms with Gasteiger partial charge in [-0.15, -0.1) is 4.40 Å². The summed E-state index contributed by atoms with van der Waals surface area (Å²) in [6.45, 7) is 0.346. The monoisotopic (exact) mass is 539 g/mol. The molecule has 184 valence electrons. The molecule has 1 fully saturated rings. The average Bonchev–Trinajstić information content (AvgIpc) is 3.63. The molecule has 3 aromatic carbocycles. The van der Waals surface area contributed by atoms with E-state index in [1.807, 2.05) is 42.5 Å². The summed E-state index contributed by atoms with van der Waals surface area (Å²) in [5.74, 6) is 0.263. The maximum atomic E-state index is 13.2. The second-order valence-electron chi connectivity index (χ2n) is 8.67.